The average molecular weight is 336 g/mol. The molecule has 0 bridgehead atoms. The van der Waals surface area contributed by atoms with Gasteiger partial charge in [0.05, 0.1) is 14.6 Å². The van der Waals surface area contributed by atoms with Crippen LogP contribution in [0, 0.1) is 14.2 Å². The van der Waals surface area contributed by atoms with E-state index in [-0.39, 0.29) is 5.82 Å². The van der Waals surface area contributed by atoms with Crippen molar-refractivity contribution < 1.29 is 4.39 Å². The Balaban J connectivity index is 2.76. The first kappa shape index (κ1) is 11.1. The molecule has 2 rings (SSSR count). The van der Waals surface area contributed by atoms with Crippen LogP contribution in [0.1, 0.15) is 13.3 Å². The van der Waals surface area contributed by atoms with Crippen LogP contribution in [0.2, 0.25) is 0 Å². The summed E-state index contributed by atoms with van der Waals surface area (Å²) in [6.07, 6.45) is 0.981. The van der Waals surface area contributed by atoms with Gasteiger partial charge in [-0.3, -0.25) is 0 Å². The van der Waals surface area contributed by atoms with Gasteiger partial charge in [-0.15, -0.1) is 0 Å². The van der Waals surface area contributed by atoms with Crippen LogP contribution in [0.15, 0.2) is 12.1 Å². The van der Waals surface area contributed by atoms with Crippen molar-refractivity contribution in [2.24, 2.45) is 0 Å². The van der Waals surface area contributed by atoms with Gasteiger partial charge in [0.1, 0.15) is 5.82 Å². The molecule has 15 heavy (non-hydrogen) atoms. The molecule has 0 atom stereocenters. The largest absolute Gasteiger partial charge is 0.331 e. The molecule has 2 aromatic rings. The average Bonchev–Trinajstić information content (AvgIpc) is 2.46. The van der Waals surface area contributed by atoms with Crippen LogP contribution in [0.5, 0.6) is 0 Å². The summed E-state index contributed by atoms with van der Waals surface area (Å²) in [5, 5.41) is 0. The van der Waals surface area contributed by atoms with Crippen LogP contribution >= 0.6 is 34.8 Å². The SMILES string of the molecule is CCCn1c(=S)[nH]c2cc(I)c(F)cc21. The Morgan fingerprint density at radius 1 is 1.53 bits per heavy atom. The van der Waals surface area contributed by atoms with E-state index in [1.54, 1.807) is 12.1 Å². The van der Waals surface area contributed by atoms with E-state index >= 15 is 0 Å². The summed E-state index contributed by atoms with van der Waals surface area (Å²) in [5.41, 5.74) is 1.75. The molecule has 0 amide bonds. The lowest BCUT2D eigenvalue weighted by Gasteiger charge is -2.01. The molecule has 0 saturated carbocycles. The maximum absolute atomic E-state index is 13.4. The van der Waals surface area contributed by atoms with Crippen molar-refractivity contribution in [1.82, 2.24) is 9.55 Å². The van der Waals surface area contributed by atoms with Gasteiger partial charge < -0.3 is 9.55 Å². The number of fused-ring (bicyclic) bond motifs is 1. The molecule has 1 N–H and O–H groups in total. The van der Waals surface area contributed by atoms with Gasteiger partial charge in [0.2, 0.25) is 0 Å². The molecular weight excluding hydrogens is 326 g/mol. The van der Waals surface area contributed by atoms with Gasteiger partial charge in [0, 0.05) is 12.6 Å². The molecular formula is C10H10FIN2S. The highest BCUT2D eigenvalue weighted by atomic mass is 127. The Bertz CT molecular complexity index is 558. The first-order valence-electron chi connectivity index (χ1n) is 4.71. The Morgan fingerprint density at radius 3 is 2.93 bits per heavy atom. The maximum atomic E-state index is 13.4. The molecule has 0 aliphatic rings. The second-order valence-electron chi connectivity index (χ2n) is 3.37. The number of benzene rings is 1. The van der Waals surface area contributed by atoms with Crippen molar-refractivity contribution in [3.8, 4) is 0 Å². The number of hydrogen-bond acceptors (Lipinski definition) is 1. The topological polar surface area (TPSA) is 20.7 Å². The van der Waals surface area contributed by atoms with E-state index in [0.717, 1.165) is 24.0 Å². The van der Waals surface area contributed by atoms with E-state index in [9.17, 15) is 4.39 Å². The summed E-state index contributed by atoms with van der Waals surface area (Å²) in [5.74, 6) is -0.193. The molecule has 5 heteroatoms. The fourth-order valence-corrected chi connectivity index (χ4v) is 2.36. The molecule has 0 radical (unpaired) electrons. The molecule has 1 aromatic carbocycles. The minimum Gasteiger partial charge on any atom is -0.331 e. The quantitative estimate of drug-likeness (QED) is 0.653. The van der Waals surface area contributed by atoms with Crippen molar-refractivity contribution in [3.63, 3.8) is 0 Å². The fraction of sp³-hybridized carbons (Fsp3) is 0.300. The van der Waals surface area contributed by atoms with Crippen molar-refractivity contribution >= 4 is 45.8 Å². The smallest absolute Gasteiger partial charge is 0.178 e. The summed E-state index contributed by atoms with van der Waals surface area (Å²) >= 11 is 7.16. The zero-order valence-corrected chi connectivity index (χ0v) is 11.2. The monoisotopic (exact) mass is 336 g/mol. The van der Waals surface area contributed by atoms with Crippen molar-refractivity contribution in [2.45, 2.75) is 19.9 Å². The van der Waals surface area contributed by atoms with Gasteiger partial charge in [-0.05, 0) is 47.3 Å². The van der Waals surface area contributed by atoms with Gasteiger partial charge in [-0.2, -0.15) is 0 Å². The molecule has 80 valence electrons. The maximum Gasteiger partial charge on any atom is 0.178 e. The summed E-state index contributed by atoms with van der Waals surface area (Å²) in [6.45, 7) is 2.89. The van der Waals surface area contributed by atoms with Crippen LogP contribution in [0.4, 0.5) is 4.39 Å². The van der Waals surface area contributed by atoms with E-state index in [1.165, 1.54) is 0 Å². The lowest BCUT2D eigenvalue weighted by atomic mass is 10.3. The predicted molar refractivity (Wildman–Crippen MR) is 70.1 cm³/mol. The van der Waals surface area contributed by atoms with Crippen LogP contribution < -0.4 is 0 Å². The van der Waals surface area contributed by atoms with Gasteiger partial charge >= 0.3 is 0 Å². The second-order valence-corrected chi connectivity index (χ2v) is 4.91. The van der Waals surface area contributed by atoms with Crippen LogP contribution in [-0.2, 0) is 6.54 Å². The Hall–Kier alpha value is -0.430. The van der Waals surface area contributed by atoms with E-state index in [4.69, 9.17) is 12.2 Å². The van der Waals surface area contributed by atoms with Crippen LogP contribution in [-0.4, -0.2) is 9.55 Å². The normalized spacial score (nSPS) is 11.1. The Morgan fingerprint density at radius 2 is 2.27 bits per heavy atom. The number of imidazole rings is 1. The molecule has 0 fully saturated rings. The minimum absolute atomic E-state index is 0.193. The third-order valence-electron chi connectivity index (χ3n) is 2.26. The first-order chi connectivity index (χ1) is 7.13. The molecule has 0 spiro atoms. The summed E-state index contributed by atoms with van der Waals surface area (Å²) < 4.78 is 16.6. The molecule has 0 aliphatic carbocycles. The zero-order chi connectivity index (χ0) is 11.0. The third-order valence-corrected chi connectivity index (χ3v) is 3.41. The van der Waals surface area contributed by atoms with Crippen LogP contribution in [0.3, 0.4) is 0 Å². The molecule has 0 saturated heterocycles. The van der Waals surface area contributed by atoms with Crippen LogP contribution in [0.25, 0.3) is 11.0 Å². The first-order valence-corrected chi connectivity index (χ1v) is 6.19. The molecule has 1 aromatic heterocycles. The Kier molecular flexibility index (Phi) is 3.11. The van der Waals surface area contributed by atoms with Crippen molar-refractivity contribution in [3.05, 3.63) is 26.3 Å². The summed E-state index contributed by atoms with van der Waals surface area (Å²) in [4.78, 5) is 3.09. The van der Waals surface area contributed by atoms with E-state index in [0.29, 0.717) is 8.34 Å². The standard InChI is InChI=1S/C10H10FIN2S/c1-2-3-14-9-4-6(11)7(12)5-8(9)13-10(14)15/h4-5H,2-3H2,1H3,(H,13,15). The number of rotatable bonds is 2. The number of nitrogens with one attached hydrogen (secondary N) is 1. The number of nitrogens with zero attached hydrogens (tertiary/aromatic N) is 1. The van der Waals surface area contributed by atoms with E-state index in [1.807, 2.05) is 27.2 Å². The zero-order valence-electron chi connectivity index (χ0n) is 8.18. The lowest BCUT2D eigenvalue weighted by Crippen LogP contribution is -1.96. The number of aromatic nitrogens is 2. The summed E-state index contributed by atoms with van der Waals surface area (Å²) in [6, 6.07) is 3.33. The molecule has 0 unspecified atom stereocenters. The Labute approximate surface area is 106 Å². The number of aromatic amines is 1. The second kappa shape index (κ2) is 4.21. The highest BCUT2D eigenvalue weighted by Crippen LogP contribution is 2.20. The van der Waals surface area contributed by atoms with Gasteiger partial charge in [-0.1, -0.05) is 6.92 Å². The molecule has 0 aliphatic heterocycles. The highest BCUT2D eigenvalue weighted by Gasteiger charge is 2.07. The number of H-pyrrole nitrogens is 1. The van der Waals surface area contributed by atoms with Gasteiger partial charge in [0.25, 0.3) is 0 Å². The highest BCUT2D eigenvalue weighted by molar-refractivity contribution is 14.1. The van der Waals surface area contributed by atoms with Crippen molar-refractivity contribution in [2.75, 3.05) is 0 Å². The number of aryl methyl sites for hydroxylation is 1. The van der Waals surface area contributed by atoms with Crippen molar-refractivity contribution in [1.29, 1.82) is 0 Å². The van der Waals surface area contributed by atoms with Gasteiger partial charge in [0.15, 0.2) is 4.77 Å². The van der Waals surface area contributed by atoms with Gasteiger partial charge in [-0.25, -0.2) is 4.39 Å². The fourth-order valence-electron chi connectivity index (χ4n) is 1.60. The lowest BCUT2D eigenvalue weighted by molar-refractivity contribution is 0.619. The molecule has 1 heterocycles. The number of halogens is 2. The summed E-state index contributed by atoms with van der Waals surface area (Å²) in [7, 11) is 0. The molecule has 2 nitrogen and oxygen atoms in total. The predicted octanol–water partition coefficient (Wildman–Crippen LogP) is 3.85. The van der Waals surface area contributed by atoms with E-state index in [2.05, 4.69) is 11.9 Å². The number of hydrogen-bond donors (Lipinski definition) is 1. The van der Waals surface area contributed by atoms with E-state index < -0.39 is 0 Å². The third kappa shape index (κ3) is 1.94. The minimum atomic E-state index is -0.193.